The van der Waals surface area contributed by atoms with Gasteiger partial charge in [0.1, 0.15) is 11.3 Å². The minimum Gasteiger partial charge on any atom is -0.506 e. The predicted molar refractivity (Wildman–Crippen MR) is 73.5 cm³/mol. The van der Waals surface area contributed by atoms with Crippen LogP contribution in [0.2, 0.25) is 0 Å². The Morgan fingerprint density at radius 3 is 2.83 bits per heavy atom. The zero-order valence-electron chi connectivity index (χ0n) is 9.47. The van der Waals surface area contributed by atoms with Crippen LogP contribution < -0.4 is 0 Å². The molecule has 3 nitrogen and oxygen atoms in total. The van der Waals surface area contributed by atoms with Crippen molar-refractivity contribution >= 4 is 27.0 Å². The SMILES string of the molecule is Oc1[c]c2ncn(Cc3ccccc3)c2cc1Br. The summed E-state index contributed by atoms with van der Waals surface area (Å²) in [7, 11) is 0. The van der Waals surface area contributed by atoms with E-state index in [4.69, 9.17) is 0 Å². The van der Waals surface area contributed by atoms with Crippen molar-refractivity contribution in [2.45, 2.75) is 6.54 Å². The zero-order chi connectivity index (χ0) is 12.5. The number of aromatic hydroxyl groups is 1. The van der Waals surface area contributed by atoms with Crippen molar-refractivity contribution in [3.63, 3.8) is 0 Å². The van der Waals surface area contributed by atoms with Crippen LogP contribution in [-0.4, -0.2) is 14.7 Å². The minimum atomic E-state index is 0.0902. The van der Waals surface area contributed by atoms with Gasteiger partial charge in [-0.15, -0.1) is 0 Å². The first-order valence-electron chi connectivity index (χ1n) is 5.53. The van der Waals surface area contributed by atoms with Crippen molar-refractivity contribution in [2.75, 3.05) is 0 Å². The van der Waals surface area contributed by atoms with Crippen LogP contribution in [0, 0.1) is 6.07 Å². The Kier molecular flexibility index (Phi) is 2.80. The van der Waals surface area contributed by atoms with Crippen molar-refractivity contribution in [1.82, 2.24) is 9.55 Å². The summed E-state index contributed by atoms with van der Waals surface area (Å²) in [6, 6.07) is 14.9. The lowest BCUT2D eigenvalue weighted by molar-refractivity contribution is 0.471. The standard InChI is InChI=1S/C14H10BrN2O/c15-11-6-13-12(7-14(11)18)16-9-17(13)8-10-4-2-1-3-5-10/h1-6,9,18H,8H2. The van der Waals surface area contributed by atoms with Crippen LogP contribution >= 0.6 is 15.9 Å². The molecule has 0 fully saturated rings. The van der Waals surface area contributed by atoms with Gasteiger partial charge in [0.15, 0.2) is 0 Å². The first-order chi connectivity index (χ1) is 8.74. The van der Waals surface area contributed by atoms with E-state index in [1.807, 2.05) is 28.8 Å². The molecule has 0 amide bonds. The average molecular weight is 302 g/mol. The lowest BCUT2D eigenvalue weighted by Gasteiger charge is -2.05. The van der Waals surface area contributed by atoms with Gasteiger partial charge in [-0.25, -0.2) is 4.98 Å². The summed E-state index contributed by atoms with van der Waals surface area (Å²) in [5, 5.41) is 9.56. The maximum absolute atomic E-state index is 9.56. The van der Waals surface area contributed by atoms with Crippen molar-refractivity contribution < 1.29 is 5.11 Å². The average Bonchev–Trinajstić information content (AvgIpc) is 2.74. The van der Waals surface area contributed by atoms with Crippen molar-refractivity contribution in [3.05, 3.63) is 58.8 Å². The summed E-state index contributed by atoms with van der Waals surface area (Å²) in [5.41, 5.74) is 2.83. The van der Waals surface area contributed by atoms with Crippen LogP contribution in [0.4, 0.5) is 0 Å². The largest absolute Gasteiger partial charge is 0.506 e. The highest BCUT2D eigenvalue weighted by Gasteiger charge is 2.07. The maximum Gasteiger partial charge on any atom is 0.140 e. The van der Waals surface area contributed by atoms with E-state index in [0.717, 1.165) is 12.1 Å². The summed E-state index contributed by atoms with van der Waals surface area (Å²) in [6.07, 6.45) is 1.76. The van der Waals surface area contributed by atoms with E-state index in [0.29, 0.717) is 9.99 Å². The molecule has 2 aromatic carbocycles. The second kappa shape index (κ2) is 4.46. The third-order valence-electron chi connectivity index (χ3n) is 2.80. The Morgan fingerprint density at radius 2 is 2.06 bits per heavy atom. The van der Waals surface area contributed by atoms with Crippen molar-refractivity contribution in [3.8, 4) is 5.75 Å². The molecule has 4 heteroatoms. The summed E-state index contributed by atoms with van der Waals surface area (Å²) in [5.74, 6) is 0.0902. The molecule has 1 aromatic heterocycles. The van der Waals surface area contributed by atoms with E-state index in [9.17, 15) is 5.11 Å². The third kappa shape index (κ3) is 1.99. The molecule has 0 unspecified atom stereocenters. The molecule has 89 valence electrons. The van der Waals surface area contributed by atoms with Gasteiger partial charge in [-0.3, -0.25) is 0 Å². The Hall–Kier alpha value is -1.81. The Morgan fingerprint density at radius 1 is 1.28 bits per heavy atom. The van der Waals surface area contributed by atoms with Gasteiger partial charge in [-0.1, -0.05) is 30.3 Å². The quantitative estimate of drug-likeness (QED) is 0.788. The fourth-order valence-corrected chi connectivity index (χ4v) is 2.22. The van der Waals surface area contributed by atoms with E-state index in [2.05, 4.69) is 39.1 Å². The van der Waals surface area contributed by atoms with Gasteiger partial charge >= 0.3 is 0 Å². The van der Waals surface area contributed by atoms with Crippen LogP contribution in [-0.2, 0) is 6.54 Å². The van der Waals surface area contributed by atoms with Gasteiger partial charge in [0.25, 0.3) is 0 Å². The second-order valence-corrected chi connectivity index (χ2v) is 4.91. The van der Waals surface area contributed by atoms with Gasteiger partial charge < -0.3 is 9.67 Å². The zero-order valence-corrected chi connectivity index (χ0v) is 11.1. The van der Waals surface area contributed by atoms with Crippen LogP contribution in [0.3, 0.4) is 0 Å². The number of hydrogen-bond donors (Lipinski definition) is 1. The molecule has 0 atom stereocenters. The molecule has 0 spiro atoms. The van der Waals surface area contributed by atoms with E-state index in [1.54, 1.807) is 6.33 Å². The molecule has 18 heavy (non-hydrogen) atoms. The highest BCUT2D eigenvalue weighted by atomic mass is 79.9. The normalized spacial score (nSPS) is 10.9. The molecule has 3 aromatic rings. The number of phenols is 1. The number of hydrogen-bond acceptors (Lipinski definition) is 2. The number of imidazole rings is 1. The van der Waals surface area contributed by atoms with E-state index >= 15 is 0 Å². The monoisotopic (exact) mass is 301 g/mol. The highest BCUT2D eigenvalue weighted by molar-refractivity contribution is 9.10. The Labute approximate surface area is 113 Å². The molecular weight excluding hydrogens is 292 g/mol. The Bertz CT molecular complexity index is 692. The van der Waals surface area contributed by atoms with Crippen LogP contribution in [0.1, 0.15) is 5.56 Å². The summed E-state index contributed by atoms with van der Waals surface area (Å²) >= 11 is 3.30. The molecule has 1 N–H and O–H groups in total. The van der Waals surface area contributed by atoms with E-state index in [1.165, 1.54) is 5.56 Å². The first-order valence-corrected chi connectivity index (χ1v) is 6.33. The number of benzene rings is 2. The molecule has 1 heterocycles. The van der Waals surface area contributed by atoms with Gasteiger partial charge in [-0.05, 0) is 27.6 Å². The summed E-state index contributed by atoms with van der Waals surface area (Å²) in [6.45, 7) is 0.752. The predicted octanol–water partition coefficient (Wildman–Crippen LogP) is 3.35. The number of halogens is 1. The molecule has 1 radical (unpaired) electrons. The van der Waals surface area contributed by atoms with Crippen LogP contribution in [0.15, 0.2) is 47.2 Å². The van der Waals surface area contributed by atoms with Crippen molar-refractivity contribution in [2.24, 2.45) is 0 Å². The smallest absolute Gasteiger partial charge is 0.140 e. The third-order valence-corrected chi connectivity index (χ3v) is 3.40. The molecule has 0 aliphatic carbocycles. The molecule has 0 saturated carbocycles. The van der Waals surface area contributed by atoms with Gasteiger partial charge in [0, 0.05) is 6.54 Å². The number of phenolic OH excluding ortho intramolecular Hbond substituents is 1. The molecular formula is C14H10BrN2O. The molecule has 3 rings (SSSR count). The fraction of sp³-hybridized carbons (Fsp3) is 0.0714. The van der Waals surface area contributed by atoms with Gasteiger partial charge in [-0.2, -0.15) is 0 Å². The molecule has 0 aliphatic rings. The van der Waals surface area contributed by atoms with E-state index in [-0.39, 0.29) is 5.75 Å². The first kappa shape index (κ1) is 11.3. The number of aromatic nitrogens is 2. The Balaban J connectivity index is 2.05. The second-order valence-electron chi connectivity index (χ2n) is 4.06. The minimum absolute atomic E-state index is 0.0902. The summed E-state index contributed by atoms with van der Waals surface area (Å²) < 4.78 is 2.66. The molecule has 0 bridgehead atoms. The van der Waals surface area contributed by atoms with Gasteiger partial charge in [0.2, 0.25) is 0 Å². The molecule has 0 saturated heterocycles. The number of nitrogens with zero attached hydrogens (tertiary/aromatic N) is 2. The lowest BCUT2D eigenvalue weighted by atomic mass is 10.2. The molecule has 0 aliphatic heterocycles. The van der Waals surface area contributed by atoms with Gasteiger partial charge in [0.05, 0.1) is 22.4 Å². The van der Waals surface area contributed by atoms with Crippen LogP contribution in [0.5, 0.6) is 5.75 Å². The number of fused-ring (bicyclic) bond motifs is 1. The lowest BCUT2D eigenvalue weighted by Crippen LogP contribution is -1.97. The van der Waals surface area contributed by atoms with Crippen molar-refractivity contribution in [1.29, 1.82) is 0 Å². The van der Waals surface area contributed by atoms with E-state index < -0.39 is 0 Å². The summed E-state index contributed by atoms with van der Waals surface area (Å²) in [4.78, 5) is 4.24. The topological polar surface area (TPSA) is 38.1 Å². The maximum atomic E-state index is 9.56. The number of rotatable bonds is 2. The fourth-order valence-electron chi connectivity index (χ4n) is 1.91. The van der Waals surface area contributed by atoms with Crippen LogP contribution in [0.25, 0.3) is 11.0 Å². The highest BCUT2D eigenvalue weighted by Crippen LogP contribution is 2.28.